The van der Waals surface area contributed by atoms with E-state index >= 15 is 0 Å². The molecule has 0 spiro atoms. The Hall–Kier alpha value is -3.28. The molecule has 0 amide bonds. The fraction of sp³-hybridized carbons (Fsp3) is 0.238. The van der Waals surface area contributed by atoms with Crippen LogP contribution in [0.3, 0.4) is 0 Å². The van der Waals surface area contributed by atoms with E-state index in [1.165, 1.54) is 12.1 Å². The zero-order valence-corrected chi connectivity index (χ0v) is 15.4. The summed E-state index contributed by atoms with van der Waals surface area (Å²) in [6.45, 7) is 3.24. The summed E-state index contributed by atoms with van der Waals surface area (Å²) in [6.07, 6.45) is 3.01. The molecule has 0 aliphatic rings. The molecular weight excluding hydrogens is 348 g/mol. The van der Waals surface area contributed by atoms with Crippen LogP contribution in [0.15, 0.2) is 48.5 Å². The average molecular weight is 369 g/mol. The van der Waals surface area contributed by atoms with Gasteiger partial charge in [-0.2, -0.15) is 0 Å². The van der Waals surface area contributed by atoms with E-state index in [4.69, 9.17) is 14.2 Å². The molecule has 0 aliphatic carbocycles. The van der Waals surface area contributed by atoms with Crippen molar-refractivity contribution in [1.29, 1.82) is 0 Å². The molecule has 0 saturated heterocycles. The molecule has 2 aromatic carbocycles. The maximum absolute atomic E-state index is 12.5. The zero-order valence-electron chi connectivity index (χ0n) is 15.4. The molecule has 142 valence electrons. The Kier molecular flexibility index (Phi) is 7.00. The van der Waals surface area contributed by atoms with Gasteiger partial charge in [0.15, 0.2) is 17.3 Å². The van der Waals surface area contributed by atoms with Crippen molar-refractivity contribution in [2.45, 2.75) is 20.0 Å². The first-order valence-electron chi connectivity index (χ1n) is 8.39. The van der Waals surface area contributed by atoms with Crippen LogP contribution in [0.5, 0.6) is 17.2 Å². The number of aliphatic carboxylic acids is 1. The Balaban J connectivity index is 2.22. The van der Waals surface area contributed by atoms with Gasteiger partial charge in [0, 0.05) is 11.1 Å². The van der Waals surface area contributed by atoms with Crippen LogP contribution >= 0.6 is 0 Å². The van der Waals surface area contributed by atoms with Crippen LogP contribution in [0.2, 0.25) is 0 Å². The lowest BCUT2D eigenvalue weighted by Gasteiger charge is -2.15. The molecule has 0 aromatic heterocycles. The summed E-state index contributed by atoms with van der Waals surface area (Å²) in [4.78, 5) is 22.9. The molecule has 0 N–H and O–H groups in total. The van der Waals surface area contributed by atoms with Crippen molar-refractivity contribution in [3.63, 3.8) is 0 Å². The van der Waals surface area contributed by atoms with E-state index in [1.54, 1.807) is 37.5 Å². The molecule has 0 radical (unpaired) electrons. The number of benzene rings is 2. The van der Waals surface area contributed by atoms with Crippen LogP contribution in [0.25, 0.3) is 6.08 Å². The number of hydrogen-bond acceptors (Lipinski definition) is 6. The van der Waals surface area contributed by atoms with Crippen LogP contribution in [0, 0.1) is 0 Å². The third-order valence-electron chi connectivity index (χ3n) is 3.47. The molecule has 0 aliphatic heterocycles. The minimum Gasteiger partial charge on any atom is -0.546 e. The molecule has 6 nitrogen and oxygen atoms in total. The molecule has 0 saturated carbocycles. The summed E-state index contributed by atoms with van der Waals surface area (Å²) in [5.41, 5.74) is 1.08. The molecule has 0 heterocycles. The Morgan fingerprint density at radius 3 is 2.56 bits per heavy atom. The first kappa shape index (κ1) is 20.0. The van der Waals surface area contributed by atoms with Gasteiger partial charge in [0.1, 0.15) is 12.4 Å². The van der Waals surface area contributed by atoms with Crippen molar-refractivity contribution in [2.24, 2.45) is 0 Å². The first-order valence-corrected chi connectivity index (χ1v) is 8.39. The van der Waals surface area contributed by atoms with Gasteiger partial charge in [-0.05, 0) is 44.2 Å². The number of carbonyl (C=O) groups excluding carboxylic acids is 2. The lowest BCUT2D eigenvalue weighted by Crippen LogP contribution is -2.28. The van der Waals surface area contributed by atoms with Crippen LogP contribution in [0.1, 0.15) is 29.8 Å². The van der Waals surface area contributed by atoms with E-state index in [0.717, 1.165) is 0 Å². The van der Waals surface area contributed by atoms with Crippen molar-refractivity contribution >= 4 is 17.8 Å². The molecule has 2 rings (SSSR count). The number of methoxy groups -OCH3 is 1. The number of carboxylic acid groups (broad SMARTS) is 1. The lowest BCUT2D eigenvalue weighted by molar-refractivity contribution is -0.307. The molecule has 0 fully saturated rings. The van der Waals surface area contributed by atoms with Crippen molar-refractivity contribution < 1.29 is 28.9 Å². The second kappa shape index (κ2) is 9.43. The van der Waals surface area contributed by atoms with Gasteiger partial charge in [0.2, 0.25) is 0 Å². The lowest BCUT2D eigenvalue weighted by atomic mass is 10.1. The van der Waals surface area contributed by atoms with Crippen molar-refractivity contribution in [3.8, 4) is 17.2 Å². The normalized spacial score (nSPS) is 10.8. The third kappa shape index (κ3) is 5.88. The predicted octanol–water partition coefficient (Wildman–Crippen LogP) is 2.51. The van der Waals surface area contributed by atoms with Gasteiger partial charge in [0.25, 0.3) is 0 Å². The highest BCUT2D eigenvalue weighted by molar-refractivity contribution is 6.07. The van der Waals surface area contributed by atoms with E-state index in [2.05, 4.69) is 0 Å². The van der Waals surface area contributed by atoms with E-state index in [1.807, 2.05) is 26.0 Å². The second-order valence-electron chi connectivity index (χ2n) is 5.93. The average Bonchev–Trinajstić information content (AvgIpc) is 2.65. The number of ketones is 1. The van der Waals surface area contributed by atoms with E-state index in [-0.39, 0.29) is 17.6 Å². The number of rotatable bonds is 9. The van der Waals surface area contributed by atoms with Gasteiger partial charge < -0.3 is 24.1 Å². The largest absolute Gasteiger partial charge is 0.546 e. The standard InChI is InChI=1S/C21H22O6/c1-14(2)27-21-15(6-5-9-19(21)25-3)10-11-18(22)16-7-4-8-17(12-16)26-13-20(23)24/h4-12,14H,13H2,1-3H3,(H,23,24)/p-1/b11-10+. The number of carbonyl (C=O) groups is 2. The molecule has 6 heteroatoms. The van der Waals surface area contributed by atoms with Crippen LogP contribution in [-0.2, 0) is 4.79 Å². The van der Waals surface area contributed by atoms with Gasteiger partial charge in [-0.1, -0.05) is 24.3 Å². The summed E-state index contributed by atoms with van der Waals surface area (Å²) in [5, 5.41) is 10.5. The maximum Gasteiger partial charge on any atom is 0.185 e. The van der Waals surface area contributed by atoms with Gasteiger partial charge in [-0.15, -0.1) is 0 Å². The Bertz CT molecular complexity index is 838. The molecule has 0 unspecified atom stereocenters. The summed E-state index contributed by atoms with van der Waals surface area (Å²) in [5.74, 6) is -0.167. The van der Waals surface area contributed by atoms with Crippen LogP contribution in [0.4, 0.5) is 0 Å². The molecule has 27 heavy (non-hydrogen) atoms. The topological polar surface area (TPSA) is 84.9 Å². The smallest absolute Gasteiger partial charge is 0.185 e. The predicted molar refractivity (Wildman–Crippen MR) is 99.1 cm³/mol. The molecule has 0 atom stereocenters. The van der Waals surface area contributed by atoms with Gasteiger partial charge in [-0.25, -0.2) is 0 Å². The second-order valence-corrected chi connectivity index (χ2v) is 5.93. The number of ether oxygens (including phenoxy) is 3. The van der Waals surface area contributed by atoms with Gasteiger partial charge in [0.05, 0.1) is 19.2 Å². The van der Waals surface area contributed by atoms with Gasteiger partial charge in [-0.3, -0.25) is 4.79 Å². The van der Waals surface area contributed by atoms with Gasteiger partial charge >= 0.3 is 0 Å². The summed E-state index contributed by atoms with van der Waals surface area (Å²) >= 11 is 0. The highest BCUT2D eigenvalue weighted by atomic mass is 16.5. The van der Waals surface area contributed by atoms with Crippen molar-refractivity contribution in [1.82, 2.24) is 0 Å². The Morgan fingerprint density at radius 1 is 1.15 bits per heavy atom. The summed E-state index contributed by atoms with van der Waals surface area (Å²) in [7, 11) is 1.55. The van der Waals surface area contributed by atoms with Crippen molar-refractivity contribution in [2.75, 3.05) is 13.7 Å². The first-order chi connectivity index (χ1) is 12.9. The number of hydrogen-bond donors (Lipinski definition) is 0. The number of allylic oxidation sites excluding steroid dienone is 1. The molecule has 0 bridgehead atoms. The highest BCUT2D eigenvalue weighted by Crippen LogP contribution is 2.33. The summed E-state index contributed by atoms with van der Waals surface area (Å²) in [6, 6.07) is 11.7. The number of para-hydroxylation sites is 1. The van der Waals surface area contributed by atoms with E-state index < -0.39 is 12.6 Å². The number of carboxylic acids is 1. The van der Waals surface area contributed by atoms with Crippen molar-refractivity contribution in [3.05, 3.63) is 59.7 Å². The highest BCUT2D eigenvalue weighted by Gasteiger charge is 2.11. The fourth-order valence-corrected chi connectivity index (χ4v) is 2.33. The molecule has 2 aromatic rings. The quantitative estimate of drug-likeness (QED) is 0.499. The summed E-state index contributed by atoms with van der Waals surface area (Å²) < 4.78 is 16.2. The molecular formula is C21H21O6-. The van der Waals surface area contributed by atoms with E-state index in [0.29, 0.717) is 22.6 Å². The minimum atomic E-state index is -1.33. The Morgan fingerprint density at radius 2 is 1.89 bits per heavy atom. The van der Waals surface area contributed by atoms with E-state index in [9.17, 15) is 14.7 Å². The van der Waals surface area contributed by atoms with Crippen LogP contribution in [-0.4, -0.2) is 31.6 Å². The van der Waals surface area contributed by atoms with Crippen LogP contribution < -0.4 is 19.3 Å². The zero-order chi connectivity index (χ0) is 19.8. The third-order valence-corrected chi connectivity index (χ3v) is 3.47. The minimum absolute atomic E-state index is 0.0540. The fourth-order valence-electron chi connectivity index (χ4n) is 2.33. The SMILES string of the molecule is COc1cccc(/C=C/C(=O)c2cccc(OCC(=O)[O-])c2)c1OC(C)C. The maximum atomic E-state index is 12.5. The Labute approximate surface area is 158 Å². The monoisotopic (exact) mass is 369 g/mol.